The summed E-state index contributed by atoms with van der Waals surface area (Å²) in [5.74, 6) is 0. The predicted molar refractivity (Wildman–Crippen MR) is 113 cm³/mol. The van der Waals surface area contributed by atoms with E-state index in [1.165, 1.54) is 0 Å². The van der Waals surface area contributed by atoms with Gasteiger partial charge in [-0.3, -0.25) is 4.98 Å². The zero-order valence-electron chi connectivity index (χ0n) is 17.3. The number of fused-ring (bicyclic) bond motifs is 1. The van der Waals surface area contributed by atoms with Gasteiger partial charge in [-0.2, -0.15) is 0 Å². The lowest BCUT2D eigenvalue weighted by molar-refractivity contribution is 0.0240. The monoisotopic (exact) mass is 402 g/mol. The Morgan fingerprint density at radius 3 is 2.59 bits per heavy atom. The molecular formula is C21H30N4O4. The number of pyridine rings is 1. The molecule has 1 atom stereocenters. The Kier molecular flexibility index (Phi) is 6.44. The van der Waals surface area contributed by atoms with Crippen molar-refractivity contribution in [3.05, 3.63) is 30.6 Å². The van der Waals surface area contributed by atoms with Gasteiger partial charge in [0.05, 0.1) is 12.7 Å². The van der Waals surface area contributed by atoms with E-state index in [9.17, 15) is 9.90 Å². The summed E-state index contributed by atoms with van der Waals surface area (Å²) < 4.78 is 5.47. The highest BCUT2D eigenvalue weighted by molar-refractivity contribution is 6.01. The quantitative estimate of drug-likeness (QED) is 0.704. The van der Waals surface area contributed by atoms with Crippen molar-refractivity contribution in [1.29, 1.82) is 0 Å². The lowest BCUT2D eigenvalue weighted by atomic mass is 10.1. The Hall–Kier alpha value is -2.58. The van der Waals surface area contributed by atoms with Crippen molar-refractivity contribution in [3.8, 4) is 0 Å². The number of benzene rings is 1. The smallest absolute Gasteiger partial charge is 0.410 e. The van der Waals surface area contributed by atoms with Crippen LogP contribution in [0.1, 0.15) is 20.8 Å². The zero-order chi connectivity index (χ0) is 21.0. The van der Waals surface area contributed by atoms with Crippen molar-refractivity contribution in [2.75, 3.05) is 49.5 Å². The van der Waals surface area contributed by atoms with Crippen molar-refractivity contribution in [2.24, 2.45) is 0 Å². The van der Waals surface area contributed by atoms with Crippen LogP contribution >= 0.6 is 0 Å². The van der Waals surface area contributed by atoms with Crippen LogP contribution in [-0.2, 0) is 4.74 Å². The molecule has 1 aromatic heterocycles. The first-order valence-corrected chi connectivity index (χ1v) is 9.91. The van der Waals surface area contributed by atoms with Crippen LogP contribution in [0, 0.1) is 0 Å². The lowest BCUT2D eigenvalue weighted by Crippen LogP contribution is -2.50. The number of aromatic nitrogens is 1. The molecule has 2 aromatic rings. The fourth-order valence-corrected chi connectivity index (χ4v) is 3.35. The molecule has 1 unspecified atom stereocenters. The predicted octanol–water partition coefficient (Wildman–Crippen LogP) is 2.06. The van der Waals surface area contributed by atoms with Crippen molar-refractivity contribution in [2.45, 2.75) is 32.5 Å². The van der Waals surface area contributed by atoms with Gasteiger partial charge in [0.15, 0.2) is 0 Å². The van der Waals surface area contributed by atoms with Gasteiger partial charge in [-0.15, -0.1) is 0 Å². The first-order chi connectivity index (χ1) is 13.8. The number of nitrogens with zero attached hydrogens (tertiary/aromatic N) is 3. The van der Waals surface area contributed by atoms with Crippen LogP contribution in [0.3, 0.4) is 0 Å². The molecule has 0 spiro atoms. The van der Waals surface area contributed by atoms with Gasteiger partial charge in [-0.25, -0.2) is 4.79 Å². The van der Waals surface area contributed by atoms with Crippen LogP contribution in [-0.4, -0.2) is 77.2 Å². The Labute approximate surface area is 171 Å². The first kappa shape index (κ1) is 21.1. The van der Waals surface area contributed by atoms with Crippen molar-refractivity contribution in [1.82, 2.24) is 9.88 Å². The highest BCUT2D eigenvalue weighted by Crippen LogP contribution is 2.32. The van der Waals surface area contributed by atoms with Gasteiger partial charge in [0, 0.05) is 67.3 Å². The second-order valence-electron chi connectivity index (χ2n) is 8.23. The van der Waals surface area contributed by atoms with Crippen LogP contribution < -0.4 is 10.2 Å². The van der Waals surface area contributed by atoms with Gasteiger partial charge >= 0.3 is 6.09 Å². The zero-order valence-corrected chi connectivity index (χ0v) is 17.3. The molecule has 3 N–H and O–H groups in total. The molecule has 1 fully saturated rings. The third kappa shape index (κ3) is 5.27. The van der Waals surface area contributed by atoms with Gasteiger partial charge in [0.25, 0.3) is 0 Å². The number of rotatable bonds is 5. The molecule has 0 bridgehead atoms. The number of anilines is 2. The molecule has 0 radical (unpaired) electrons. The highest BCUT2D eigenvalue weighted by Gasteiger charge is 2.26. The second kappa shape index (κ2) is 8.84. The number of hydrogen-bond acceptors (Lipinski definition) is 7. The maximum atomic E-state index is 12.3. The molecule has 1 aliphatic heterocycles. The molecule has 3 rings (SSSR count). The van der Waals surface area contributed by atoms with E-state index in [0.29, 0.717) is 26.2 Å². The maximum Gasteiger partial charge on any atom is 0.410 e. The van der Waals surface area contributed by atoms with Gasteiger partial charge in [-0.05, 0) is 39.0 Å². The number of hydrogen-bond donors (Lipinski definition) is 3. The van der Waals surface area contributed by atoms with Gasteiger partial charge in [0.2, 0.25) is 0 Å². The third-order valence-corrected chi connectivity index (χ3v) is 4.81. The fourth-order valence-electron chi connectivity index (χ4n) is 3.35. The van der Waals surface area contributed by atoms with Crippen LogP contribution in [0.15, 0.2) is 30.6 Å². The average molecular weight is 402 g/mol. The number of ether oxygens (including phenoxy) is 1. The molecule has 8 heteroatoms. The molecule has 1 saturated heterocycles. The van der Waals surface area contributed by atoms with Crippen molar-refractivity contribution in [3.63, 3.8) is 0 Å². The molecule has 2 heterocycles. The number of carbonyl (C=O) groups excluding carboxylic acids is 1. The number of aliphatic hydroxyl groups is 2. The van der Waals surface area contributed by atoms with E-state index in [1.54, 1.807) is 17.3 Å². The SMILES string of the molecule is CC(C)(C)OC(=O)N1CCN(c2ccc(NCC(O)CO)c3cnccc23)CC1. The molecule has 1 aliphatic rings. The number of nitrogens with one attached hydrogen (secondary N) is 1. The summed E-state index contributed by atoms with van der Waals surface area (Å²) >= 11 is 0. The topological polar surface area (TPSA) is 98.2 Å². The minimum absolute atomic E-state index is 0.258. The number of carbonyl (C=O) groups is 1. The molecule has 1 amide bonds. The number of aliphatic hydroxyl groups excluding tert-OH is 2. The summed E-state index contributed by atoms with van der Waals surface area (Å²) in [6.07, 6.45) is 2.47. The minimum atomic E-state index is -0.817. The van der Waals surface area contributed by atoms with Crippen molar-refractivity contribution >= 4 is 28.2 Å². The third-order valence-electron chi connectivity index (χ3n) is 4.81. The number of amides is 1. The first-order valence-electron chi connectivity index (χ1n) is 9.91. The van der Waals surface area contributed by atoms with E-state index in [4.69, 9.17) is 9.84 Å². The molecular weight excluding hydrogens is 372 g/mol. The van der Waals surface area contributed by atoms with Crippen molar-refractivity contribution < 1.29 is 19.7 Å². The Bertz CT molecular complexity index is 844. The molecule has 8 nitrogen and oxygen atoms in total. The van der Waals surface area contributed by atoms with Crippen LogP contribution in [0.25, 0.3) is 10.8 Å². The van der Waals surface area contributed by atoms with E-state index >= 15 is 0 Å². The molecule has 1 aromatic carbocycles. The maximum absolute atomic E-state index is 12.3. The summed E-state index contributed by atoms with van der Waals surface area (Å²) in [7, 11) is 0. The van der Waals surface area contributed by atoms with E-state index in [2.05, 4.69) is 15.2 Å². The Morgan fingerprint density at radius 1 is 1.21 bits per heavy atom. The van der Waals surface area contributed by atoms with Crippen LogP contribution in [0.4, 0.5) is 16.2 Å². The van der Waals surface area contributed by atoms with E-state index < -0.39 is 11.7 Å². The number of piperazine rings is 1. The van der Waals surface area contributed by atoms with Crippen LogP contribution in [0.5, 0.6) is 0 Å². The van der Waals surface area contributed by atoms with E-state index in [-0.39, 0.29) is 19.2 Å². The molecule has 0 aliphatic carbocycles. The van der Waals surface area contributed by atoms with E-state index in [1.807, 2.05) is 39.0 Å². The summed E-state index contributed by atoms with van der Waals surface area (Å²) in [6, 6.07) is 5.97. The Balaban J connectivity index is 1.74. The van der Waals surface area contributed by atoms with Gasteiger partial charge in [0.1, 0.15) is 5.60 Å². The summed E-state index contributed by atoms with van der Waals surface area (Å²) in [6.45, 7) is 8.22. The molecule has 0 saturated carbocycles. The average Bonchev–Trinajstić information content (AvgIpc) is 2.70. The second-order valence-corrected chi connectivity index (χ2v) is 8.23. The standard InChI is InChI=1S/C21H30N4O4/c1-21(2,3)29-20(28)25-10-8-24(9-11-25)19-5-4-18(23-12-15(27)14-26)17-13-22-7-6-16(17)19/h4-7,13,15,23,26-27H,8-12,14H2,1-3H3. The lowest BCUT2D eigenvalue weighted by Gasteiger charge is -2.37. The summed E-state index contributed by atoms with van der Waals surface area (Å²) in [5.41, 5.74) is 1.44. The fraction of sp³-hybridized carbons (Fsp3) is 0.524. The van der Waals surface area contributed by atoms with E-state index in [0.717, 1.165) is 22.1 Å². The summed E-state index contributed by atoms with van der Waals surface area (Å²) in [5, 5.41) is 23.8. The normalized spacial score (nSPS) is 16.0. The molecule has 158 valence electrons. The Morgan fingerprint density at radius 2 is 1.93 bits per heavy atom. The largest absolute Gasteiger partial charge is 0.444 e. The summed E-state index contributed by atoms with van der Waals surface area (Å²) in [4.78, 5) is 20.5. The van der Waals surface area contributed by atoms with Gasteiger partial charge in [-0.1, -0.05) is 0 Å². The van der Waals surface area contributed by atoms with Gasteiger partial charge < -0.3 is 30.1 Å². The van der Waals surface area contributed by atoms with Crippen LogP contribution in [0.2, 0.25) is 0 Å². The molecule has 29 heavy (non-hydrogen) atoms. The highest BCUT2D eigenvalue weighted by atomic mass is 16.6. The minimum Gasteiger partial charge on any atom is -0.444 e.